The van der Waals surface area contributed by atoms with E-state index in [2.05, 4.69) is 16.0 Å². The monoisotopic (exact) mass is 379 g/mol. The second-order valence-corrected chi connectivity index (χ2v) is 6.90. The molecule has 0 radical (unpaired) electrons. The van der Waals surface area contributed by atoms with Crippen LogP contribution in [0.4, 0.5) is 4.79 Å². The van der Waals surface area contributed by atoms with Crippen LogP contribution in [-0.2, 0) is 16.0 Å². The number of hydrogen-bond acceptors (Lipinski definition) is 5. The molecule has 8 nitrogen and oxygen atoms in total. The van der Waals surface area contributed by atoms with Crippen molar-refractivity contribution < 1.29 is 24.6 Å². The maximum atomic E-state index is 12.2. The minimum Gasteiger partial charge on any atom is -0.465 e. The van der Waals surface area contributed by atoms with Gasteiger partial charge in [0.2, 0.25) is 5.91 Å². The molecule has 2 unspecified atom stereocenters. The number of aldehydes is 1. The standard InChI is InChI=1S/C19H29N3O5/c1-4-20-17(25)16(24)15(10-14-8-6-5-7-9-14)21-19(12-23,11-13(2)3)22-18(26)27/h5-9,12-13,15-16,21-22,24H,4,10-11H2,1-3H3,(H,20,25)(H,26,27)/t15?,16?,19-/m0/s1. The number of amides is 2. The van der Waals surface area contributed by atoms with Crippen LogP contribution in [0.15, 0.2) is 30.3 Å². The number of carboxylic acid groups (broad SMARTS) is 1. The number of benzene rings is 1. The van der Waals surface area contributed by atoms with E-state index in [4.69, 9.17) is 0 Å². The van der Waals surface area contributed by atoms with Gasteiger partial charge in [-0.3, -0.25) is 20.2 Å². The van der Waals surface area contributed by atoms with Crippen LogP contribution >= 0.6 is 0 Å². The highest BCUT2D eigenvalue weighted by Gasteiger charge is 2.38. The number of carbonyl (C=O) groups excluding carboxylic acids is 2. The summed E-state index contributed by atoms with van der Waals surface area (Å²) < 4.78 is 0. The molecular formula is C19H29N3O5. The maximum Gasteiger partial charge on any atom is 0.406 e. The second kappa shape index (κ2) is 10.6. The molecule has 150 valence electrons. The largest absolute Gasteiger partial charge is 0.465 e. The van der Waals surface area contributed by atoms with Crippen molar-refractivity contribution in [3.05, 3.63) is 35.9 Å². The highest BCUT2D eigenvalue weighted by molar-refractivity contribution is 5.81. The molecule has 2 amide bonds. The van der Waals surface area contributed by atoms with Gasteiger partial charge in [-0.1, -0.05) is 44.2 Å². The SMILES string of the molecule is CCNC(=O)C(O)C(Cc1ccccc1)N[C@@](C=O)(CC(C)C)NC(=O)O. The smallest absolute Gasteiger partial charge is 0.406 e. The lowest BCUT2D eigenvalue weighted by Gasteiger charge is -2.36. The molecule has 0 fully saturated rings. The third kappa shape index (κ3) is 7.36. The van der Waals surface area contributed by atoms with E-state index in [1.165, 1.54) is 0 Å². The number of nitrogens with one attached hydrogen (secondary N) is 3. The molecule has 3 atom stereocenters. The highest BCUT2D eigenvalue weighted by Crippen LogP contribution is 2.16. The first kappa shape index (κ1) is 22.6. The molecule has 0 saturated heterocycles. The zero-order valence-electron chi connectivity index (χ0n) is 15.9. The van der Waals surface area contributed by atoms with Crippen LogP contribution in [0, 0.1) is 5.92 Å². The van der Waals surface area contributed by atoms with Crippen molar-refractivity contribution in [1.29, 1.82) is 0 Å². The van der Waals surface area contributed by atoms with E-state index in [1.54, 1.807) is 6.92 Å². The van der Waals surface area contributed by atoms with E-state index in [0.29, 0.717) is 12.8 Å². The molecule has 0 heterocycles. The number of aliphatic hydroxyl groups is 1. The Labute approximate surface area is 159 Å². The predicted octanol–water partition coefficient (Wildman–Crippen LogP) is 0.893. The first-order chi connectivity index (χ1) is 12.7. The fourth-order valence-corrected chi connectivity index (χ4v) is 2.99. The molecule has 1 rings (SSSR count). The summed E-state index contributed by atoms with van der Waals surface area (Å²) in [6.45, 7) is 5.75. The van der Waals surface area contributed by atoms with E-state index in [9.17, 15) is 24.6 Å². The summed E-state index contributed by atoms with van der Waals surface area (Å²) in [5.74, 6) is -0.612. The van der Waals surface area contributed by atoms with Crippen molar-refractivity contribution in [2.24, 2.45) is 5.92 Å². The second-order valence-electron chi connectivity index (χ2n) is 6.90. The fraction of sp³-hybridized carbons (Fsp3) is 0.526. The van der Waals surface area contributed by atoms with Gasteiger partial charge in [-0.05, 0) is 31.2 Å². The van der Waals surface area contributed by atoms with Gasteiger partial charge in [0, 0.05) is 12.6 Å². The zero-order chi connectivity index (χ0) is 20.4. The average molecular weight is 379 g/mol. The number of hydrogen-bond donors (Lipinski definition) is 5. The van der Waals surface area contributed by atoms with Crippen molar-refractivity contribution in [1.82, 2.24) is 16.0 Å². The summed E-state index contributed by atoms with van der Waals surface area (Å²) in [7, 11) is 0. The van der Waals surface area contributed by atoms with Gasteiger partial charge in [-0.2, -0.15) is 0 Å². The van der Waals surface area contributed by atoms with Crippen LogP contribution in [0.2, 0.25) is 0 Å². The summed E-state index contributed by atoms with van der Waals surface area (Å²) in [6.07, 6.45) is -1.97. The Bertz CT molecular complexity index is 623. The molecule has 27 heavy (non-hydrogen) atoms. The Morgan fingerprint density at radius 1 is 1.22 bits per heavy atom. The van der Waals surface area contributed by atoms with Crippen LogP contribution in [-0.4, -0.2) is 52.9 Å². The van der Waals surface area contributed by atoms with E-state index >= 15 is 0 Å². The van der Waals surface area contributed by atoms with Crippen molar-refractivity contribution >= 4 is 18.3 Å². The number of aliphatic hydroxyl groups excluding tert-OH is 1. The van der Waals surface area contributed by atoms with Crippen molar-refractivity contribution in [2.75, 3.05) is 6.54 Å². The summed E-state index contributed by atoms with van der Waals surface area (Å²) in [5.41, 5.74) is -0.787. The Morgan fingerprint density at radius 3 is 2.33 bits per heavy atom. The van der Waals surface area contributed by atoms with Gasteiger partial charge in [-0.25, -0.2) is 4.79 Å². The lowest BCUT2D eigenvalue weighted by molar-refractivity contribution is -0.131. The first-order valence-electron chi connectivity index (χ1n) is 8.97. The minimum absolute atomic E-state index is 0.0199. The number of likely N-dealkylation sites (N-methyl/N-ethyl adjacent to an activating group) is 1. The van der Waals surface area contributed by atoms with Crippen LogP contribution in [0.25, 0.3) is 0 Å². The number of carbonyl (C=O) groups is 3. The quantitative estimate of drug-likeness (QED) is 0.287. The van der Waals surface area contributed by atoms with E-state index in [-0.39, 0.29) is 18.8 Å². The Balaban J connectivity index is 3.18. The molecule has 0 bridgehead atoms. The van der Waals surface area contributed by atoms with Gasteiger partial charge in [0.1, 0.15) is 6.10 Å². The van der Waals surface area contributed by atoms with Crippen molar-refractivity contribution in [3.8, 4) is 0 Å². The molecular weight excluding hydrogens is 350 g/mol. The number of rotatable bonds is 11. The van der Waals surface area contributed by atoms with Gasteiger partial charge in [-0.15, -0.1) is 0 Å². The van der Waals surface area contributed by atoms with Gasteiger partial charge < -0.3 is 15.5 Å². The van der Waals surface area contributed by atoms with Crippen LogP contribution in [0.5, 0.6) is 0 Å². The Hall–Kier alpha value is -2.45. The zero-order valence-corrected chi connectivity index (χ0v) is 15.9. The first-order valence-corrected chi connectivity index (χ1v) is 8.97. The lowest BCUT2D eigenvalue weighted by atomic mass is 9.93. The molecule has 0 spiro atoms. The predicted molar refractivity (Wildman–Crippen MR) is 101 cm³/mol. The van der Waals surface area contributed by atoms with E-state index < -0.39 is 29.8 Å². The van der Waals surface area contributed by atoms with Crippen molar-refractivity contribution in [2.45, 2.75) is 51.4 Å². The third-order valence-corrected chi connectivity index (χ3v) is 4.00. The average Bonchev–Trinajstić information content (AvgIpc) is 2.60. The Morgan fingerprint density at radius 2 is 1.85 bits per heavy atom. The van der Waals surface area contributed by atoms with E-state index in [0.717, 1.165) is 5.56 Å². The molecule has 1 aromatic carbocycles. The van der Waals surface area contributed by atoms with Gasteiger partial charge in [0.25, 0.3) is 0 Å². The van der Waals surface area contributed by atoms with Crippen LogP contribution < -0.4 is 16.0 Å². The maximum absolute atomic E-state index is 12.2. The molecule has 0 aromatic heterocycles. The lowest BCUT2D eigenvalue weighted by Crippen LogP contribution is -2.66. The minimum atomic E-state index is -1.62. The molecule has 0 aliphatic rings. The van der Waals surface area contributed by atoms with Gasteiger partial charge in [0.05, 0.1) is 0 Å². The topological polar surface area (TPSA) is 128 Å². The highest BCUT2D eigenvalue weighted by atomic mass is 16.4. The summed E-state index contributed by atoms with van der Waals surface area (Å²) in [4.78, 5) is 35.3. The van der Waals surface area contributed by atoms with Crippen LogP contribution in [0.3, 0.4) is 0 Å². The summed E-state index contributed by atoms with van der Waals surface area (Å²) >= 11 is 0. The molecule has 0 aliphatic carbocycles. The molecule has 8 heteroatoms. The van der Waals surface area contributed by atoms with E-state index in [1.807, 2.05) is 44.2 Å². The third-order valence-electron chi connectivity index (χ3n) is 4.00. The van der Waals surface area contributed by atoms with Gasteiger partial charge in [0.15, 0.2) is 11.9 Å². The molecule has 0 aliphatic heterocycles. The van der Waals surface area contributed by atoms with Gasteiger partial charge >= 0.3 is 6.09 Å². The molecule has 5 N–H and O–H groups in total. The summed E-state index contributed by atoms with van der Waals surface area (Å²) in [6, 6.07) is 8.26. The van der Waals surface area contributed by atoms with Crippen molar-refractivity contribution in [3.63, 3.8) is 0 Å². The summed E-state index contributed by atoms with van der Waals surface area (Å²) in [5, 5.41) is 27.4. The molecule has 1 aromatic rings. The van der Waals surface area contributed by atoms with Crippen LogP contribution in [0.1, 0.15) is 32.8 Å². The fourth-order valence-electron chi connectivity index (χ4n) is 2.99. The normalized spacial score (nSPS) is 15.4. The molecule has 0 saturated carbocycles. The Kier molecular flexibility index (Phi) is 8.90.